The Balaban J connectivity index is 2.43. The zero-order chi connectivity index (χ0) is 19.9. The van der Waals surface area contributed by atoms with Gasteiger partial charge in [-0.3, -0.25) is 4.79 Å². The van der Waals surface area contributed by atoms with E-state index < -0.39 is 12.7 Å². The molecule has 0 bridgehead atoms. The lowest BCUT2D eigenvalue weighted by atomic mass is 9.95. The van der Waals surface area contributed by atoms with E-state index in [1.54, 1.807) is 24.3 Å². The molecule has 1 aromatic heterocycles. The lowest BCUT2D eigenvalue weighted by Gasteiger charge is -2.19. The second-order valence-corrected chi connectivity index (χ2v) is 7.55. The van der Waals surface area contributed by atoms with Crippen LogP contribution in [0, 0.1) is 0 Å². The van der Waals surface area contributed by atoms with Gasteiger partial charge in [-0.05, 0) is 53.6 Å². The topological polar surface area (TPSA) is 22.0 Å². The number of alkyl halides is 3. The van der Waals surface area contributed by atoms with Gasteiger partial charge < -0.3 is 4.57 Å². The summed E-state index contributed by atoms with van der Waals surface area (Å²) in [4.78, 5) is 13.0. The Labute approximate surface area is 156 Å². The lowest BCUT2D eigenvalue weighted by Crippen LogP contribution is -2.21. The Kier molecular flexibility index (Phi) is 5.06. The first-order valence-corrected chi connectivity index (χ1v) is 9.29. The van der Waals surface area contributed by atoms with Crippen molar-refractivity contribution in [2.75, 3.05) is 0 Å². The zero-order valence-electron chi connectivity index (χ0n) is 16.0. The number of rotatable bonds is 4. The predicted octanol–water partition coefficient (Wildman–Crippen LogP) is 6.35. The molecule has 1 atom stereocenters. The third-order valence-corrected chi connectivity index (χ3v) is 5.30. The van der Waals surface area contributed by atoms with E-state index in [4.69, 9.17) is 0 Å². The molecular formula is C22H24F3NO. The molecule has 0 saturated heterocycles. The standard InChI is InChI=1S/C22H24F3NO/c1-5-14(4)16-6-8-17-20(11-16)26(12-22(23,24)25)19-9-7-15(13(2)3)10-18(19)21(17)27/h6-11,13-14H,5,12H2,1-4H3. The summed E-state index contributed by atoms with van der Waals surface area (Å²) >= 11 is 0. The molecule has 0 fully saturated rings. The van der Waals surface area contributed by atoms with Crippen LogP contribution < -0.4 is 5.43 Å². The first-order valence-electron chi connectivity index (χ1n) is 9.29. The highest BCUT2D eigenvalue weighted by Gasteiger charge is 2.29. The van der Waals surface area contributed by atoms with Crippen molar-refractivity contribution in [1.82, 2.24) is 4.57 Å². The monoisotopic (exact) mass is 375 g/mol. The van der Waals surface area contributed by atoms with Gasteiger partial charge in [0.25, 0.3) is 0 Å². The number of fused-ring (bicyclic) bond motifs is 2. The number of benzene rings is 2. The molecule has 2 nitrogen and oxygen atoms in total. The van der Waals surface area contributed by atoms with Crippen LogP contribution in [0.3, 0.4) is 0 Å². The number of halogens is 3. The second-order valence-electron chi connectivity index (χ2n) is 7.55. The first-order chi connectivity index (χ1) is 12.6. The average molecular weight is 375 g/mol. The van der Waals surface area contributed by atoms with E-state index >= 15 is 0 Å². The van der Waals surface area contributed by atoms with Crippen molar-refractivity contribution in [2.45, 2.75) is 58.7 Å². The quantitative estimate of drug-likeness (QED) is 0.487. The van der Waals surface area contributed by atoms with Crippen molar-refractivity contribution in [3.63, 3.8) is 0 Å². The van der Waals surface area contributed by atoms with Crippen molar-refractivity contribution >= 4 is 21.8 Å². The molecule has 1 heterocycles. The summed E-state index contributed by atoms with van der Waals surface area (Å²) in [5, 5.41) is 0.675. The molecule has 0 radical (unpaired) electrons. The van der Waals surface area contributed by atoms with Crippen molar-refractivity contribution < 1.29 is 13.2 Å². The normalized spacial score (nSPS) is 13.6. The summed E-state index contributed by atoms with van der Waals surface area (Å²) in [6, 6.07) is 10.5. The zero-order valence-corrected chi connectivity index (χ0v) is 16.0. The molecule has 0 aliphatic heterocycles. The van der Waals surface area contributed by atoms with Crippen LogP contribution in [0.2, 0.25) is 0 Å². The van der Waals surface area contributed by atoms with Crippen LogP contribution in [0.25, 0.3) is 21.8 Å². The van der Waals surface area contributed by atoms with Crippen LogP contribution in [-0.4, -0.2) is 10.7 Å². The minimum Gasteiger partial charge on any atom is -0.331 e. The maximum absolute atomic E-state index is 13.3. The molecule has 0 N–H and O–H groups in total. The Bertz CT molecular complexity index is 1050. The van der Waals surface area contributed by atoms with Gasteiger partial charge in [0.1, 0.15) is 6.54 Å². The van der Waals surface area contributed by atoms with Crippen molar-refractivity contribution in [3.8, 4) is 0 Å². The van der Waals surface area contributed by atoms with Crippen LogP contribution in [0.15, 0.2) is 41.2 Å². The minimum absolute atomic E-state index is 0.188. The molecule has 0 spiro atoms. The fourth-order valence-electron chi connectivity index (χ4n) is 3.46. The highest BCUT2D eigenvalue weighted by molar-refractivity contribution is 5.94. The van der Waals surface area contributed by atoms with Crippen molar-refractivity contribution in [2.24, 2.45) is 0 Å². The molecule has 27 heavy (non-hydrogen) atoms. The van der Waals surface area contributed by atoms with E-state index in [1.807, 2.05) is 39.8 Å². The van der Waals surface area contributed by atoms with Gasteiger partial charge in [0.15, 0.2) is 5.43 Å². The van der Waals surface area contributed by atoms with Gasteiger partial charge in [-0.1, -0.05) is 39.8 Å². The number of hydrogen-bond acceptors (Lipinski definition) is 1. The van der Waals surface area contributed by atoms with Gasteiger partial charge in [-0.25, -0.2) is 0 Å². The van der Waals surface area contributed by atoms with E-state index in [1.165, 1.54) is 4.57 Å². The average Bonchev–Trinajstić information content (AvgIpc) is 2.62. The lowest BCUT2D eigenvalue weighted by molar-refractivity contribution is -0.139. The Morgan fingerprint density at radius 2 is 1.59 bits per heavy atom. The van der Waals surface area contributed by atoms with Crippen LogP contribution in [0.1, 0.15) is 57.1 Å². The largest absolute Gasteiger partial charge is 0.406 e. The van der Waals surface area contributed by atoms with E-state index in [2.05, 4.69) is 0 Å². The van der Waals surface area contributed by atoms with Gasteiger partial charge in [0, 0.05) is 10.8 Å². The summed E-state index contributed by atoms with van der Waals surface area (Å²) < 4.78 is 41.2. The Morgan fingerprint density at radius 3 is 2.19 bits per heavy atom. The predicted molar refractivity (Wildman–Crippen MR) is 105 cm³/mol. The highest BCUT2D eigenvalue weighted by Crippen LogP contribution is 2.29. The van der Waals surface area contributed by atoms with Gasteiger partial charge >= 0.3 is 6.18 Å². The Hall–Kier alpha value is -2.30. The van der Waals surface area contributed by atoms with Gasteiger partial charge in [-0.15, -0.1) is 0 Å². The maximum Gasteiger partial charge on any atom is 0.406 e. The third-order valence-electron chi connectivity index (χ3n) is 5.30. The van der Waals surface area contributed by atoms with Crippen LogP contribution in [0.4, 0.5) is 13.2 Å². The molecule has 1 unspecified atom stereocenters. The number of nitrogens with zero attached hydrogens (tertiary/aromatic N) is 1. The molecule has 5 heteroatoms. The molecule has 3 rings (SSSR count). The first kappa shape index (κ1) is 19.5. The molecule has 2 aromatic carbocycles. The summed E-state index contributed by atoms with van der Waals surface area (Å²) in [5.41, 5.74) is 2.35. The SMILES string of the molecule is CCC(C)c1ccc2c(=O)c3cc(C(C)C)ccc3n(CC(F)(F)F)c2c1. The van der Waals surface area contributed by atoms with E-state index in [0.717, 1.165) is 17.5 Å². The second kappa shape index (κ2) is 7.02. The summed E-state index contributed by atoms with van der Waals surface area (Å²) in [6.45, 7) is 6.93. The number of aromatic nitrogens is 1. The van der Waals surface area contributed by atoms with Gasteiger partial charge in [-0.2, -0.15) is 13.2 Å². The van der Waals surface area contributed by atoms with Crippen molar-refractivity contribution in [1.29, 1.82) is 0 Å². The van der Waals surface area contributed by atoms with Gasteiger partial charge in [0.2, 0.25) is 0 Å². The maximum atomic E-state index is 13.3. The fraction of sp³-hybridized carbons (Fsp3) is 0.409. The highest BCUT2D eigenvalue weighted by atomic mass is 19.4. The van der Waals surface area contributed by atoms with Gasteiger partial charge in [0.05, 0.1) is 11.0 Å². The summed E-state index contributed by atoms with van der Waals surface area (Å²) in [5.74, 6) is 0.399. The fourth-order valence-corrected chi connectivity index (χ4v) is 3.46. The van der Waals surface area contributed by atoms with E-state index in [0.29, 0.717) is 21.8 Å². The van der Waals surface area contributed by atoms with Crippen LogP contribution in [-0.2, 0) is 6.54 Å². The minimum atomic E-state index is -4.38. The van der Waals surface area contributed by atoms with Crippen molar-refractivity contribution in [3.05, 3.63) is 57.7 Å². The summed E-state index contributed by atoms with van der Waals surface area (Å²) in [6.07, 6.45) is -3.50. The van der Waals surface area contributed by atoms with Crippen LogP contribution >= 0.6 is 0 Å². The molecule has 3 aromatic rings. The molecule has 0 amide bonds. The van der Waals surface area contributed by atoms with E-state index in [-0.39, 0.29) is 17.3 Å². The number of pyridine rings is 1. The number of hydrogen-bond donors (Lipinski definition) is 0. The van der Waals surface area contributed by atoms with E-state index in [9.17, 15) is 18.0 Å². The molecule has 0 aliphatic rings. The molecule has 144 valence electrons. The smallest absolute Gasteiger partial charge is 0.331 e. The summed E-state index contributed by atoms with van der Waals surface area (Å²) in [7, 11) is 0. The Morgan fingerprint density at radius 1 is 0.926 bits per heavy atom. The third kappa shape index (κ3) is 3.73. The van der Waals surface area contributed by atoms with Crippen LogP contribution in [0.5, 0.6) is 0 Å². The molecule has 0 aliphatic carbocycles. The molecule has 0 saturated carbocycles. The molecular weight excluding hydrogens is 351 g/mol.